The van der Waals surface area contributed by atoms with Gasteiger partial charge in [-0.05, 0) is 24.3 Å². The van der Waals surface area contributed by atoms with Gasteiger partial charge in [-0.1, -0.05) is 12.1 Å². The molecule has 0 spiro atoms. The van der Waals surface area contributed by atoms with Crippen LogP contribution in [0.4, 0.5) is 4.39 Å². The van der Waals surface area contributed by atoms with Crippen LogP contribution in [0.25, 0.3) is 0 Å². The zero-order valence-corrected chi connectivity index (χ0v) is 9.47. The molecule has 0 N–H and O–H groups in total. The Bertz CT molecular complexity index is 569. The SMILES string of the molecule is N#Cc1cccc(OC2CC=C(C=O)C=C2F)c1. The number of hydrogen-bond donors (Lipinski definition) is 0. The van der Waals surface area contributed by atoms with Crippen molar-refractivity contribution < 1.29 is 13.9 Å². The lowest BCUT2D eigenvalue weighted by atomic mass is 10.0. The van der Waals surface area contributed by atoms with Gasteiger partial charge < -0.3 is 4.74 Å². The van der Waals surface area contributed by atoms with Crippen molar-refractivity contribution in [3.05, 3.63) is 53.4 Å². The fourth-order valence-corrected chi connectivity index (χ4v) is 1.66. The van der Waals surface area contributed by atoms with Crippen molar-refractivity contribution in [2.24, 2.45) is 0 Å². The average molecular weight is 243 g/mol. The van der Waals surface area contributed by atoms with Gasteiger partial charge in [-0.15, -0.1) is 0 Å². The molecule has 0 radical (unpaired) electrons. The van der Waals surface area contributed by atoms with Gasteiger partial charge in [0.15, 0.2) is 6.10 Å². The lowest BCUT2D eigenvalue weighted by molar-refractivity contribution is -0.104. The summed E-state index contributed by atoms with van der Waals surface area (Å²) >= 11 is 0. The number of halogens is 1. The van der Waals surface area contributed by atoms with Gasteiger partial charge in [0.05, 0.1) is 11.6 Å². The van der Waals surface area contributed by atoms with Gasteiger partial charge in [0.1, 0.15) is 17.9 Å². The van der Waals surface area contributed by atoms with Crippen molar-refractivity contribution in [1.82, 2.24) is 0 Å². The lowest BCUT2D eigenvalue weighted by Gasteiger charge is -2.19. The maximum Gasteiger partial charge on any atom is 0.153 e. The molecule has 2 rings (SSSR count). The molecule has 0 heterocycles. The normalized spacial score (nSPS) is 18.3. The molecule has 1 atom stereocenters. The van der Waals surface area contributed by atoms with E-state index in [9.17, 15) is 9.18 Å². The van der Waals surface area contributed by atoms with Crippen molar-refractivity contribution >= 4 is 6.29 Å². The maximum absolute atomic E-state index is 13.6. The van der Waals surface area contributed by atoms with Gasteiger partial charge in [0.2, 0.25) is 0 Å². The van der Waals surface area contributed by atoms with E-state index in [2.05, 4.69) is 0 Å². The molecule has 0 bridgehead atoms. The highest BCUT2D eigenvalue weighted by Crippen LogP contribution is 2.24. The molecule has 0 saturated heterocycles. The predicted octanol–water partition coefficient (Wildman–Crippen LogP) is 2.69. The number of hydrogen-bond acceptors (Lipinski definition) is 3. The zero-order chi connectivity index (χ0) is 13.0. The molecule has 1 aromatic carbocycles. The number of rotatable bonds is 3. The number of aldehydes is 1. The Hall–Kier alpha value is -2.41. The summed E-state index contributed by atoms with van der Waals surface area (Å²) in [5, 5.41) is 8.75. The minimum Gasteiger partial charge on any atom is -0.483 e. The van der Waals surface area contributed by atoms with E-state index in [0.29, 0.717) is 29.6 Å². The second kappa shape index (κ2) is 5.28. The van der Waals surface area contributed by atoms with E-state index >= 15 is 0 Å². The summed E-state index contributed by atoms with van der Waals surface area (Å²) < 4.78 is 19.1. The maximum atomic E-state index is 13.6. The quantitative estimate of drug-likeness (QED) is 0.767. The lowest BCUT2D eigenvalue weighted by Crippen LogP contribution is -2.19. The number of benzene rings is 1. The molecule has 0 amide bonds. The molecule has 0 fully saturated rings. The molecule has 4 heteroatoms. The number of nitriles is 1. The van der Waals surface area contributed by atoms with E-state index in [0.717, 1.165) is 6.08 Å². The molecular formula is C14H10FNO2. The molecule has 90 valence electrons. The largest absolute Gasteiger partial charge is 0.483 e. The van der Waals surface area contributed by atoms with E-state index in [4.69, 9.17) is 10.00 Å². The topological polar surface area (TPSA) is 50.1 Å². The molecule has 1 unspecified atom stereocenters. The minimum absolute atomic E-state index is 0.299. The average Bonchev–Trinajstić information content (AvgIpc) is 2.41. The smallest absolute Gasteiger partial charge is 0.153 e. The van der Waals surface area contributed by atoms with Crippen molar-refractivity contribution in [2.75, 3.05) is 0 Å². The Kier molecular flexibility index (Phi) is 3.54. The van der Waals surface area contributed by atoms with Crippen molar-refractivity contribution in [2.45, 2.75) is 12.5 Å². The number of carbonyl (C=O) groups excluding carboxylic acids is 1. The van der Waals surface area contributed by atoms with Crippen LogP contribution in [-0.2, 0) is 4.79 Å². The molecule has 18 heavy (non-hydrogen) atoms. The van der Waals surface area contributed by atoms with E-state index in [-0.39, 0.29) is 0 Å². The Balaban J connectivity index is 2.12. The standard InChI is InChI=1S/C14H10FNO2/c15-13-7-11(9-17)4-5-14(13)18-12-3-1-2-10(6-12)8-16/h1-4,6-7,9,14H,5H2. The molecule has 0 aliphatic heterocycles. The molecule has 1 aromatic rings. The fourth-order valence-electron chi connectivity index (χ4n) is 1.66. The van der Waals surface area contributed by atoms with Gasteiger partial charge in [-0.2, -0.15) is 5.26 Å². The second-order valence-electron chi connectivity index (χ2n) is 3.83. The number of nitrogens with zero attached hydrogens (tertiary/aromatic N) is 1. The zero-order valence-electron chi connectivity index (χ0n) is 9.47. The Morgan fingerprint density at radius 1 is 1.50 bits per heavy atom. The van der Waals surface area contributed by atoms with Gasteiger partial charge in [-0.3, -0.25) is 4.79 Å². The van der Waals surface area contributed by atoms with Gasteiger partial charge in [0.25, 0.3) is 0 Å². The van der Waals surface area contributed by atoms with Crippen LogP contribution in [0, 0.1) is 11.3 Å². The Labute approximate surface area is 104 Å². The van der Waals surface area contributed by atoms with Crippen LogP contribution in [0.1, 0.15) is 12.0 Å². The summed E-state index contributed by atoms with van der Waals surface area (Å²) in [6.07, 6.45) is 2.95. The number of ether oxygens (including phenoxy) is 1. The number of allylic oxidation sites excluding steroid dienone is 2. The Morgan fingerprint density at radius 2 is 2.33 bits per heavy atom. The van der Waals surface area contributed by atoms with Crippen LogP contribution < -0.4 is 4.74 Å². The second-order valence-corrected chi connectivity index (χ2v) is 3.83. The van der Waals surface area contributed by atoms with E-state index in [1.807, 2.05) is 6.07 Å². The van der Waals surface area contributed by atoms with E-state index in [1.165, 1.54) is 0 Å². The molecule has 3 nitrogen and oxygen atoms in total. The Morgan fingerprint density at radius 3 is 3.00 bits per heavy atom. The molecule has 0 aromatic heterocycles. The van der Waals surface area contributed by atoms with E-state index < -0.39 is 11.9 Å². The van der Waals surface area contributed by atoms with Crippen LogP contribution in [-0.4, -0.2) is 12.4 Å². The van der Waals surface area contributed by atoms with Gasteiger partial charge in [-0.25, -0.2) is 4.39 Å². The van der Waals surface area contributed by atoms with Crippen LogP contribution in [0.3, 0.4) is 0 Å². The third-order valence-corrected chi connectivity index (χ3v) is 2.56. The highest BCUT2D eigenvalue weighted by molar-refractivity contribution is 5.78. The van der Waals surface area contributed by atoms with Gasteiger partial charge >= 0.3 is 0 Å². The van der Waals surface area contributed by atoms with Crippen LogP contribution >= 0.6 is 0 Å². The van der Waals surface area contributed by atoms with Gasteiger partial charge in [0, 0.05) is 12.0 Å². The van der Waals surface area contributed by atoms with E-state index in [1.54, 1.807) is 30.3 Å². The first kappa shape index (κ1) is 12.1. The van der Waals surface area contributed by atoms with Crippen molar-refractivity contribution in [3.8, 4) is 11.8 Å². The summed E-state index contributed by atoms with van der Waals surface area (Å²) in [5.41, 5.74) is 0.773. The van der Waals surface area contributed by atoms with Crippen molar-refractivity contribution in [1.29, 1.82) is 5.26 Å². The summed E-state index contributed by atoms with van der Waals surface area (Å²) in [6.45, 7) is 0. The van der Waals surface area contributed by atoms with Crippen LogP contribution in [0.5, 0.6) is 5.75 Å². The number of carbonyl (C=O) groups is 1. The summed E-state index contributed by atoms with van der Waals surface area (Å²) in [7, 11) is 0. The first-order valence-corrected chi connectivity index (χ1v) is 5.42. The predicted molar refractivity (Wildman–Crippen MR) is 63.5 cm³/mol. The summed E-state index contributed by atoms with van der Waals surface area (Å²) in [4.78, 5) is 10.5. The summed E-state index contributed by atoms with van der Waals surface area (Å²) in [5.74, 6) is -0.0486. The highest BCUT2D eigenvalue weighted by atomic mass is 19.1. The van der Waals surface area contributed by atoms with Crippen molar-refractivity contribution in [3.63, 3.8) is 0 Å². The third-order valence-electron chi connectivity index (χ3n) is 2.56. The van der Waals surface area contributed by atoms with Crippen LogP contribution in [0.15, 0.2) is 47.8 Å². The van der Waals surface area contributed by atoms with Crippen LogP contribution in [0.2, 0.25) is 0 Å². The third kappa shape index (κ3) is 2.64. The molecule has 0 saturated carbocycles. The monoisotopic (exact) mass is 243 g/mol. The first-order valence-electron chi connectivity index (χ1n) is 5.42. The molecular weight excluding hydrogens is 233 g/mol. The fraction of sp³-hybridized carbons (Fsp3) is 0.143. The summed E-state index contributed by atoms with van der Waals surface area (Å²) in [6, 6.07) is 8.51. The molecule has 1 aliphatic carbocycles. The first-order chi connectivity index (χ1) is 8.72. The highest BCUT2D eigenvalue weighted by Gasteiger charge is 2.19. The molecule has 1 aliphatic rings. The minimum atomic E-state index is -0.734.